The molecule has 1 aromatic rings. The van der Waals surface area contributed by atoms with Gasteiger partial charge in [0.25, 0.3) is 5.78 Å². The van der Waals surface area contributed by atoms with E-state index in [1.807, 2.05) is 39.8 Å². The first-order chi connectivity index (χ1) is 9.84. The molecule has 0 N–H and O–H groups in total. The second-order valence-corrected chi connectivity index (χ2v) is 5.51. The van der Waals surface area contributed by atoms with Gasteiger partial charge in [-0.2, -0.15) is 0 Å². The van der Waals surface area contributed by atoms with Crippen LogP contribution in [0.4, 0.5) is 0 Å². The summed E-state index contributed by atoms with van der Waals surface area (Å²) in [5.41, 5.74) is 2.04. The highest BCUT2D eigenvalue weighted by atomic mass is 16.5. The van der Waals surface area contributed by atoms with Crippen LogP contribution in [0.5, 0.6) is 5.75 Å². The molecule has 0 heterocycles. The average Bonchev–Trinajstić information content (AvgIpc) is 2.44. The molecular formula is C17H24O4. The van der Waals surface area contributed by atoms with Crippen molar-refractivity contribution in [2.45, 2.75) is 46.5 Å². The Morgan fingerprint density at radius 2 is 1.57 bits per heavy atom. The minimum absolute atomic E-state index is 0.105. The van der Waals surface area contributed by atoms with E-state index >= 15 is 0 Å². The molecule has 0 radical (unpaired) electrons. The summed E-state index contributed by atoms with van der Waals surface area (Å²) in [6.07, 6.45) is 0. The Morgan fingerprint density at radius 3 is 2.00 bits per heavy atom. The topological polar surface area (TPSA) is 52.6 Å². The Hall–Kier alpha value is -1.84. The number of ketones is 1. The van der Waals surface area contributed by atoms with Crippen molar-refractivity contribution in [1.29, 1.82) is 0 Å². The summed E-state index contributed by atoms with van der Waals surface area (Å²) in [5.74, 6) is -0.698. The van der Waals surface area contributed by atoms with Crippen LogP contribution in [-0.4, -0.2) is 25.5 Å². The second kappa shape index (κ2) is 7.25. The number of methoxy groups -OCH3 is 1. The number of benzene rings is 1. The van der Waals surface area contributed by atoms with Gasteiger partial charge in [-0.1, -0.05) is 39.8 Å². The maximum atomic E-state index is 12.5. The van der Waals surface area contributed by atoms with E-state index in [-0.39, 0.29) is 18.4 Å². The zero-order valence-corrected chi connectivity index (χ0v) is 13.6. The molecule has 0 unspecified atom stereocenters. The Morgan fingerprint density at radius 1 is 1.05 bits per heavy atom. The molecule has 1 rings (SSSR count). The fourth-order valence-corrected chi connectivity index (χ4v) is 2.30. The average molecular weight is 292 g/mol. The first-order valence-corrected chi connectivity index (χ1v) is 7.27. The van der Waals surface area contributed by atoms with E-state index in [1.54, 1.807) is 6.92 Å². The van der Waals surface area contributed by atoms with Crippen LogP contribution in [0.2, 0.25) is 0 Å². The Bertz CT molecular complexity index is 530. The van der Waals surface area contributed by atoms with Crippen molar-refractivity contribution in [3.05, 3.63) is 28.8 Å². The van der Waals surface area contributed by atoms with E-state index in [9.17, 15) is 9.59 Å². The zero-order valence-electron chi connectivity index (χ0n) is 13.6. The molecule has 0 fully saturated rings. The molecule has 1 aromatic carbocycles. The van der Waals surface area contributed by atoms with Crippen LogP contribution in [0, 0.1) is 0 Å². The van der Waals surface area contributed by atoms with Gasteiger partial charge in [-0.05, 0) is 29.9 Å². The van der Waals surface area contributed by atoms with Crippen LogP contribution in [0.15, 0.2) is 12.1 Å². The van der Waals surface area contributed by atoms with Crippen molar-refractivity contribution in [3.8, 4) is 5.75 Å². The lowest BCUT2D eigenvalue weighted by Crippen LogP contribution is -2.21. The molecule has 0 aliphatic rings. The van der Waals surface area contributed by atoms with Crippen LogP contribution in [0.1, 0.15) is 67.9 Å². The first-order valence-electron chi connectivity index (χ1n) is 7.27. The Kier molecular flexibility index (Phi) is 5.94. The van der Waals surface area contributed by atoms with E-state index in [4.69, 9.17) is 9.47 Å². The molecular weight excluding hydrogens is 268 g/mol. The normalized spacial score (nSPS) is 10.9. The van der Waals surface area contributed by atoms with Crippen LogP contribution in [0.25, 0.3) is 0 Å². The summed E-state index contributed by atoms with van der Waals surface area (Å²) in [4.78, 5) is 24.3. The predicted molar refractivity (Wildman–Crippen MR) is 82.1 cm³/mol. The molecule has 4 heteroatoms. The van der Waals surface area contributed by atoms with E-state index in [0.717, 1.165) is 11.1 Å². The van der Waals surface area contributed by atoms with Crippen molar-refractivity contribution in [3.63, 3.8) is 0 Å². The maximum Gasteiger partial charge on any atom is 0.379 e. The van der Waals surface area contributed by atoms with Crippen molar-refractivity contribution < 1.29 is 19.1 Å². The fourth-order valence-electron chi connectivity index (χ4n) is 2.30. The van der Waals surface area contributed by atoms with E-state index in [1.165, 1.54) is 7.11 Å². The number of rotatable bonds is 6. The Labute approximate surface area is 126 Å². The lowest BCUT2D eigenvalue weighted by atomic mass is 9.89. The third-order valence-corrected chi connectivity index (χ3v) is 3.36. The summed E-state index contributed by atoms with van der Waals surface area (Å²) in [7, 11) is 1.52. The highest BCUT2D eigenvalue weighted by Crippen LogP contribution is 2.35. The van der Waals surface area contributed by atoms with Gasteiger partial charge in [0.1, 0.15) is 5.75 Å². The number of esters is 1. The molecule has 0 atom stereocenters. The third kappa shape index (κ3) is 3.63. The molecule has 116 valence electrons. The smallest absolute Gasteiger partial charge is 0.379 e. The molecule has 21 heavy (non-hydrogen) atoms. The summed E-state index contributed by atoms with van der Waals surface area (Å²) in [6, 6.07) is 3.86. The van der Waals surface area contributed by atoms with Crippen LogP contribution < -0.4 is 4.74 Å². The van der Waals surface area contributed by atoms with Crippen LogP contribution in [0.3, 0.4) is 0 Å². The van der Waals surface area contributed by atoms with Gasteiger partial charge >= 0.3 is 5.97 Å². The molecule has 0 saturated carbocycles. The van der Waals surface area contributed by atoms with E-state index < -0.39 is 11.8 Å². The van der Waals surface area contributed by atoms with Gasteiger partial charge in [-0.15, -0.1) is 0 Å². The standard InChI is InChI=1S/C17H24O4/c1-7-21-17(19)15(18)14-12(10(2)3)8-9-13(11(4)5)16(14)20-6/h8-11H,7H2,1-6H3. The number of Topliss-reactive ketones (excluding diaryl/α,β-unsaturated/α-hetero) is 1. The van der Waals surface area contributed by atoms with Gasteiger partial charge in [0.2, 0.25) is 0 Å². The highest BCUT2D eigenvalue weighted by Gasteiger charge is 2.28. The minimum Gasteiger partial charge on any atom is -0.496 e. The molecule has 0 aromatic heterocycles. The predicted octanol–water partition coefficient (Wildman–Crippen LogP) is 3.69. The summed E-state index contributed by atoms with van der Waals surface area (Å²) in [5, 5.41) is 0. The molecule has 0 aliphatic carbocycles. The highest BCUT2D eigenvalue weighted by molar-refractivity contribution is 6.41. The van der Waals surface area contributed by atoms with Gasteiger partial charge in [0.05, 0.1) is 19.3 Å². The summed E-state index contributed by atoms with van der Waals surface area (Å²) in [6.45, 7) is 9.85. The van der Waals surface area contributed by atoms with Gasteiger partial charge in [-0.25, -0.2) is 4.79 Å². The molecule has 0 bridgehead atoms. The Balaban J connectivity index is 3.53. The molecule has 4 nitrogen and oxygen atoms in total. The number of carbonyl (C=O) groups is 2. The minimum atomic E-state index is -0.835. The van der Waals surface area contributed by atoms with Crippen LogP contribution in [-0.2, 0) is 9.53 Å². The number of hydrogen-bond acceptors (Lipinski definition) is 4. The zero-order chi connectivity index (χ0) is 16.2. The van der Waals surface area contributed by atoms with Gasteiger partial charge in [0.15, 0.2) is 0 Å². The van der Waals surface area contributed by atoms with Gasteiger partial charge in [0, 0.05) is 0 Å². The molecule has 0 amide bonds. The fraction of sp³-hybridized carbons (Fsp3) is 0.529. The number of carbonyl (C=O) groups excluding carboxylic acids is 2. The molecule has 0 aliphatic heterocycles. The van der Waals surface area contributed by atoms with Gasteiger partial charge < -0.3 is 9.47 Å². The lowest BCUT2D eigenvalue weighted by Gasteiger charge is -2.20. The van der Waals surface area contributed by atoms with Crippen molar-refractivity contribution >= 4 is 11.8 Å². The van der Waals surface area contributed by atoms with Crippen molar-refractivity contribution in [1.82, 2.24) is 0 Å². The quantitative estimate of drug-likeness (QED) is 0.456. The molecule has 0 saturated heterocycles. The van der Waals surface area contributed by atoms with E-state index in [2.05, 4.69) is 0 Å². The largest absolute Gasteiger partial charge is 0.496 e. The maximum absolute atomic E-state index is 12.5. The van der Waals surface area contributed by atoms with Gasteiger partial charge in [-0.3, -0.25) is 4.79 Å². The lowest BCUT2D eigenvalue weighted by molar-refractivity contribution is -0.137. The van der Waals surface area contributed by atoms with Crippen molar-refractivity contribution in [2.24, 2.45) is 0 Å². The summed E-state index contributed by atoms with van der Waals surface area (Å²) < 4.78 is 10.3. The first kappa shape index (κ1) is 17.2. The number of ether oxygens (including phenoxy) is 2. The number of hydrogen-bond donors (Lipinski definition) is 0. The van der Waals surface area contributed by atoms with Crippen LogP contribution >= 0.6 is 0 Å². The third-order valence-electron chi connectivity index (χ3n) is 3.36. The van der Waals surface area contributed by atoms with Crippen molar-refractivity contribution in [2.75, 3.05) is 13.7 Å². The van der Waals surface area contributed by atoms with E-state index in [0.29, 0.717) is 11.3 Å². The second-order valence-electron chi connectivity index (χ2n) is 5.51. The monoisotopic (exact) mass is 292 g/mol. The summed E-state index contributed by atoms with van der Waals surface area (Å²) >= 11 is 0. The SMILES string of the molecule is CCOC(=O)C(=O)c1c(C(C)C)ccc(C(C)C)c1OC. The molecule has 0 spiro atoms.